The van der Waals surface area contributed by atoms with Crippen molar-refractivity contribution < 1.29 is 19.5 Å². The van der Waals surface area contributed by atoms with Gasteiger partial charge in [-0.3, -0.25) is 4.98 Å². The van der Waals surface area contributed by atoms with Crippen molar-refractivity contribution in [1.29, 1.82) is 0 Å². The predicted molar refractivity (Wildman–Crippen MR) is 122 cm³/mol. The molecule has 0 fully saturated rings. The maximum atomic E-state index is 10.9. The van der Waals surface area contributed by atoms with Gasteiger partial charge in [0.1, 0.15) is 12.4 Å². The molecule has 1 aliphatic rings. The van der Waals surface area contributed by atoms with Gasteiger partial charge in [0.25, 0.3) is 0 Å². The highest BCUT2D eigenvalue weighted by atomic mass is 16.6. The SMILES string of the molecule is O=C(O)COc1cccc2c1CCCC2CO/N=C(/Cc1ccccc1)c1cccnc1. The smallest absolute Gasteiger partial charge is 0.341 e. The van der Waals surface area contributed by atoms with Crippen LogP contribution in [0.25, 0.3) is 0 Å². The van der Waals surface area contributed by atoms with E-state index in [1.165, 1.54) is 0 Å². The second-order valence-electron chi connectivity index (χ2n) is 7.83. The number of hydrogen-bond donors (Lipinski definition) is 1. The number of rotatable bonds is 9. The number of ether oxygens (including phenoxy) is 1. The molecule has 6 nitrogen and oxygen atoms in total. The normalized spacial score (nSPS) is 15.6. The van der Waals surface area contributed by atoms with Gasteiger partial charge < -0.3 is 14.7 Å². The second-order valence-corrected chi connectivity index (χ2v) is 7.83. The molecule has 1 heterocycles. The van der Waals surface area contributed by atoms with Gasteiger partial charge in [-0.05, 0) is 54.2 Å². The van der Waals surface area contributed by atoms with Gasteiger partial charge in [0.05, 0.1) is 5.71 Å². The Balaban J connectivity index is 1.49. The van der Waals surface area contributed by atoms with E-state index in [9.17, 15) is 4.79 Å². The van der Waals surface area contributed by atoms with E-state index in [4.69, 9.17) is 14.7 Å². The summed E-state index contributed by atoms with van der Waals surface area (Å²) in [5.74, 6) is -0.144. The number of hydrogen-bond acceptors (Lipinski definition) is 5. The topological polar surface area (TPSA) is 81.0 Å². The lowest BCUT2D eigenvalue weighted by Gasteiger charge is -2.26. The van der Waals surface area contributed by atoms with Gasteiger partial charge in [-0.25, -0.2) is 4.79 Å². The first-order valence-electron chi connectivity index (χ1n) is 10.8. The van der Waals surface area contributed by atoms with Crippen molar-refractivity contribution in [1.82, 2.24) is 4.98 Å². The van der Waals surface area contributed by atoms with Crippen LogP contribution in [0.4, 0.5) is 0 Å². The summed E-state index contributed by atoms with van der Waals surface area (Å²) in [4.78, 5) is 21.0. The van der Waals surface area contributed by atoms with E-state index in [-0.39, 0.29) is 12.5 Å². The molecule has 0 amide bonds. The van der Waals surface area contributed by atoms with Gasteiger partial charge in [0.15, 0.2) is 6.61 Å². The average Bonchev–Trinajstić information content (AvgIpc) is 2.83. The Kier molecular flexibility index (Phi) is 7.12. The van der Waals surface area contributed by atoms with Crippen molar-refractivity contribution in [2.24, 2.45) is 5.16 Å². The van der Waals surface area contributed by atoms with E-state index in [2.05, 4.69) is 28.3 Å². The zero-order chi connectivity index (χ0) is 22.2. The molecule has 2 aromatic carbocycles. The summed E-state index contributed by atoms with van der Waals surface area (Å²) in [6, 6.07) is 19.9. The first-order chi connectivity index (χ1) is 15.7. The van der Waals surface area contributed by atoms with E-state index in [1.807, 2.05) is 42.5 Å². The standard InChI is InChI=1S/C26H26N2O4/c29-26(30)18-31-25-13-5-11-22-21(9-4-12-23(22)25)17-32-28-24(20-10-6-14-27-16-20)15-19-7-2-1-3-8-19/h1-3,5-8,10-11,13-14,16,21H,4,9,12,15,17-18H2,(H,29,30)/b28-24-. The first kappa shape index (κ1) is 21.6. The Labute approximate surface area is 187 Å². The Hall–Kier alpha value is -3.67. The highest BCUT2D eigenvalue weighted by Gasteiger charge is 2.24. The Morgan fingerprint density at radius 1 is 1.09 bits per heavy atom. The van der Waals surface area contributed by atoms with Gasteiger partial charge in [-0.1, -0.05) is 47.6 Å². The molecule has 0 saturated carbocycles. The lowest BCUT2D eigenvalue weighted by atomic mass is 9.83. The van der Waals surface area contributed by atoms with E-state index >= 15 is 0 Å². The van der Waals surface area contributed by atoms with Gasteiger partial charge in [-0.15, -0.1) is 0 Å². The van der Waals surface area contributed by atoms with Crippen LogP contribution in [0.2, 0.25) is 0 Å². The zero-order valence-corrected chi connectivity index (χ0v) is 17.8. The third kappa shape index (κ3) is 5.52. The molecule has 32 heavy (non-hydrogen) atoms. The van der Waals surface area contributed by atoms with Crippen molar-refractivity contribution >= 4 is 11.7 Å². The Morgan fingerprint density at radius 2 is 1.97 bits per heavy atom. The van der Waals surface area contributed by atoms with Crippen LogP contribution in [-0.4, -0.2) is 35.0 Å². The number of carboxylic acid groups (broad SMARTS) is 1. The summed E-state index contributed by atoms with van der Waals surface area (Å²) in [7, 11) is 0. The number of nitrogens with zero attached hydrogens (tertiary/aromatic N) is 2. The summed E-state index contributed by atoms with van der Waals surface area (Å²) < 4.78 is 5.51. The summed E-state index contributed by atoms with van der Waals surface area (Å²) in [5, 5.41) is 13.4. The first-order valence-corrected chi connectivity index (χ1v) is 10.8. The molecule has 164 valence electrons. The molecule has 1 unspecified atom stereocenters. The molecule has 1 aliphatic carbocycles. The molecule has 0 bridgehead atoms. The second kappa shape index (κ2) is 10.6. The molecular weight excluding hydrogens is 404 g/mol. The van der Waals surface area contributed by atoms with Crippen LogP contribution >= 0.6 is 0 Å². The average molecular weight is 431 g/mol. The molecule has 0 saturated heterocycles. The summed E-state index contributed by atoms with van der Waals surface area (Å²) in [5.41, 5.74) is 5.15. The van der Waals surface area contributed by atoms with Gasteiger partial charge in [0.2, 0.25) is 0 Å². The fraction of sp³-hybridized carbons (Fsp3) is 0.269. The molecule has 1 atom stereocenters. The number of benzene rings is 2. The van der Waals surface area contributed by atoms with Gasteiger partial charge in [-0.2, -0.15) is 0 Å². The maximum Gasteiger partial charge on any atom is 0.341 e. The van der Waals surface area contributed by atoms with Crippen molar-refractivity contribution in [3.05, 3.63) is 95.3 Å². The molecule has 1 N–H and O–H groups in total. The predicted octanol–water partition coefficient (Wildman–Crippen LogP) is 4.63. The van der Waals surface area contributed by atoms with E-state index in [1.54, 1.807) is 12.4 Å². The van der Waals surface area contributed by atoms with E-state index in [0.29, 0.717) is 18.8 Å². The fourth-order valence-corrected chi connectivity index (χ4v) is 4.08. The minimum Gasteiger partial charge on any atom is -0.482 e. The largest absolute Gasteiger partial charge is 0.482 e. The monoisotopic (exact) mass is 430 g/mol. The summed E-state index contributed by atoms with van der Waals surface area (Å²) in [6.07, 6.45) is 7.06. The molecule has 0 radical (unpaired) electrons. The molecular formula is C26H26N2O4. The number of fused-ring (bicyclic) bond motifs is 1. The third-order valence-electron chi connectivity index (χ3n) is 5.60. The maximum absolute atomic E-state index is 10.9. The van der Waals surface area contributed by atoms with Crippen LogP contribution in [0.5, 0.6) is 5.75 Å². The van der Waals surface area contributed by atoms with E-state index < -0.39 is 5.97 Å². The van der Waals surface area contributed by atoms with Crippen LogP contribution in [0.3, 0.4) is 0 Å². The van der Waals surface area contributed by atoms with Crippen LogP contribution in [-0.2, 0) is 22.5 Å². The van der Waals surface area contributed by atoms with Crippen molar-refractivity contribution in [2.75, 3.05) is 13.2 Å². The van der Waals surface area contributed by atoms with Crippen molar-refractivity contribution in [3.63, 3.8) is 0 Å². The minimum absolute atomic E-state index is 0.183. The summed E-state index contributed by atoms with van der Waals surface area (Å²) in [6.45, 7) is 0.115. The lowest BCUT2D eigenvalue weighted by Crippen LogP contribution is -2.17. The number of carboxylic acids is 1. The van der Waals surface area contributed by atoms with Crippen LogP contribution < -0.4 is 4.74 Å². The van der Waals surface area contributed by atoms with Crippen LogP contribution in [0.15, 0.2) is 78.2 Å². The molecule has 4 rings (SSSR count). The van der Waals surface area contributed by atoms with Crippen molar-refractivity contribution in [2.45, 2.75) is 31.6 Å². The number of pyridine rings is 1. The highest BCUT2D eigenvalue weighted by Crippen LogP contribution is 2.37. The molecule has 1 aromatic heterocycles. The third-order valence-corrected chi connectivity index (χ3v) is 5.60. The quantitative estimate of drug-likeness (QED) is 0.395. The zero-order valence-electron chi connectivity index (χ0n) is 17.8. The Morgan fingerprint density at radius 3 is 2.75 bits per heavy atom. The van der Waals surface area contributed by atoms with Gasteiger partial charge in [0, 0.05) is 30.3 Å². The fourth-order valence-electron chi connectivity index (χ4n) is 4.08. The molecule has 0 spiro atoms. The van der Waals surface area contributed by atoms with Gasteiger partial charge >= 0.3 is 5.97 Å². The highest BCUT2D eigenvalue weighted by molar-refractivity contribution is 6.01. The van der Waals surface area contributed by atoms with E-state index in [0.717, 1.165) is 47.2 Å². The van der Waals surface area contributed by atoms with Crippen molar-refractivity contribution in [3.8, 4) is 5.75 Å². The molecule has 3 aromatic rings. The number of carbonyl (C=O) groups is 1. The molecule has 0 aliphatic heterocycles. The molecule has 6 heteroatoms. The number of aromatic nitrogens is 1. The van der Waals surface area contributed by atoms with Crippen LogP contribution in [0, 0.1) is 0 Å². The number of aliphatic carboxylic acids is 1. The van der Waals surface area contributed by atoms with Crippen LogP contribution in [0.1, 0.15) is 41.0 Å². The minimum atomic E-state index is -0.978. The Bertz CT molecular complexity index is 1070. The lowest BCUT2D eigenvalue weighted by molar-refractivity contribution is -0.139. The summed E-state index contributed by atoms with van der Waals surface area (Å²) >= 11 is 0. The number of oxime groups is 1.